The first-order chi connectivity index (χ1) is 11.3. The summed E-state index contributed by atoms with van der Waals surface area (Å²) < 4.78 is 31.6. The lowest BCUT2D eigenvalue weighted by atomic mass is 9.81. The number of carbonyl (C=O) groups is 2. The van der Waals surface area contributed by atoms with Crippen LogP contribution in [0.15, 0.2) is 29.2 Å². The van der Waals surface area contributed by atoms with Crippen LogP contribution in [0.4, 0.5) is 0 Å². The number of carbonyl (C=O) groups excluding carboxylic acids is 1. The van der Waals surface area contributed by atoms with E-state index in [1.54, 1.807) is 0 Å². The monoisotopic (exact) mass is 353 g/mol. The molecule has 3 rings (SSSR count). The molecule has 0 radical (unpaired) electrons. The van der Waals surface area contributed by atoms with E-state index >= 15 is 0 Å². The van der Waals surface area contributed by atoms with Gasteiger partial charge in [0.25, 0.3) is 0 Å². The molecule has 1 saturated heterocycles. The number of aliphatic carboxylic acids is 1. The minimum absolute atomic E-state index is 0.0161. The van der Waals surface area contributed by atoms with Gasteiger partial charge in [-0.15, -0.1) is 0 Å². The molecule has 0 bridgehead atoms. The molecule has 0 spiro atoms. The predicted octanol–water partition coefficient (Wildman–Crippen LogP) is 1.35. The standard InChI is InChI=1S/C16H19NO6S/c1-23-14(18)11-4-2-6-13(8-11)24(21,22)17-9-12-5-3-7-16(12,10-17)15(19)20/h2,4,6,8,12H,3,5,7,9-10H2,1H3,(H,19,20)/t12-,16+/m0/s1. The second-order valence-electron chi connectivity index (χ2n) is 6.37. The fraction of sp³-hybridized carbons (Fsp3) is 0.500. The maximum atomic E-state index is 12.9. The van der Waals surface area contributed by atoms with Gasteiger partial charge < -0.3 is 9.84 Å². The Morgan fingerprint density at radius 1 is 1.38 bits per heavy atom. The predicted molar refractivity (Wildman–Crippen MR) is 84.0 cm³/mol. The third kappa shape index (κ3) is 2.50. The van der Waals surface area contributed by atoms with Crippen molar-refractivity contribution < 1.29 is 27.9 Å². The number of rotatable bonds is 4. The molecule has 1 saturated carbocycles. The van der Waals surface area contributed by atoms with Crippen LogP contribution in [-0.4, -0.2) is 50.0 Å². The highest BCUT2D eigenvalue weighted by atomic mass is 32.2. The van der Waals surface area contributed by atoms with Crippen molar-refractivity contribution in [3.8, 4) is 0 Å². The number of hydrogen-bond donors (Lipinski definition) is 1. The van der Waals surface area contributed by atoms with Crippen LogP contribution < -0.4 is 0 Å². The van der Waals surface area contributed by atoms with E-state index in [4.69, 9.17) is 0 Å². The number of ether oxygens (including phenoxy) is 1. The quantitative estimate of drug-likeness (QED) is 0.820. The fourth-order valence-electron chi connectivity index (χ4n) is 3.83. The summed E-state index contributed by atoms with van der Waals surface area (Å²) in [5.74, 6) is -1.70. The van der Waals surface area contributed by atoms with Crippen molar-refractivity contribution in [2.45, 2.75) is 24.2 Å². The van der Waals surface area contributed by atoms with Gasteiger partial charge in [-0.1, -0.05) is 12.5 Å². The molecule has 0 amide bonds. The summed E-state index contributed by atoms with van der Waals surface area (Å²) in [5, 5.41) is 9.59. The van der Waals surface area contributed by atoms with Crippen LogP contribution in [0.5, 0.6) is 0 Å². The van der Waals surface area contributed by atoms with Crippen molar-refractivity contribution in [1.29, 1.82) is 0 Å². The number of nitrogens with zero attached hydrogens (tertiary/aromatic N) is 1. The molecule has 1 aromatic rings. The Bertz CT molecular complexity index is 790. The Kier molecular flexibility index (Phi) is 4.13. The van der Waals surface area contributed by atoms with Crippen molar-refractivity contribution in [3.05, 3.63) is 29.8 Å². The Labute approximate surface area is 140 Å². The zero-order valence-corrected chi connectivity index (χ0v) is 14.1. The molecule has 1 N–H and O–H groups in total. The molecular formula is C16H19NO6S. The second-order valence-corrected chi connectivity index (χ2v) is 8.31. The molecule has 1 heterocycles. The number of carboxylic acid groups (broad SMARTS) is 1. The van der Waals surface area contributed by atoms with Gasteiger partial charge in [0.05, 0.1) is 23.0 Å². The molecule has 2 aliphatic rings. The second kappa shape index (κ2) is 5.86. The number of esters is 1. The third-order valence-electron chi connectivity index (χ3n) is 5.16. The number of sulfonamides is 1. The van der Waals surface area contributed by atoms with Crippen molar-refractivity contribution >= 4 is 22.0 Å². The van der Waals surface area contributed by atoms with E-state index in [0.29, 0.717) is 6.42 Å². The summed E-state index contributed by atoms with van der Waals surface area (Å²) in [4.78, 5) is 23.3. The molecule has 2 fully saturated rings. The first-order valence-corrected chi connectivity index (χ1v) is 9.17. The van der Waals surface area contributed by atoms with Gasteiger partial charge in [0.2, 0.25) is 10.0 Å². The summed E-state index contributed by atoms with van der Waals surface area (Å²) in [5.41, 5.74) is -0.835. The van der Waals surface area contributed by atoms with Gasteiger partial charge in [-0.3, -0.25) is 4.79 Å². The van der Waals surface area contributed by atoms with E-state index in [1.165, 1.54) is 35.7 Å². The smallest absolute Gasteiger partial charge is 0.337 e. The van der Waals surface area contributed by atoms with Crippen molar-refractivity contribution in [2.75, 3.05) is 20.2 Å². The largest absolute Gasteiger partial charge is 0.481 e. The zero-order chi connectivity index (χ0) is 17.5. The highest BCUT2D eigenvalue weighted by Crippen LogP contribution is 2.50. The van der Waals surface area contributed by atoms with Gasteiger partial charge in [-0.05, 0) is 37.0 Å². The summed E-state index contributed by atoms with van der Waals surface area (Å²) in [6.07, 6.45) is 2.03. The van der Waals surface area contributed by atoms with Gasteiger partial charge in [0.15, 0.2) is 0 Å². The molecule has 8 heteroatoms. The van der Waals surface area contributed by atoms with E-state index in [2.05, 4.69) is 4.74 Å². The first kappa shape index (κ1) is 16.9. The molecule has 1 aliphatic heterocycles. The summed E-state index contributed by atoms with van der Waals surface area (Å²) in [6.45, 7) is 0.189. The first-order valence-electron chi connectivity index (χ1n) is 7.73. The van der Waals surface area contributed by atoms with Gasteiger partial charge in [0.1, 0.15) is 0 Å². The van der Waals surface area contributed by atoms with Crippen molar-refractivity contribution in [1.82, 2.24) is 4.31 Å². The maximum absolute atomic E-state index is 12.9. The fourth-order valence-corrected chi connectivity index (χ4v) is 5.43. The van der Waals surface area contributed by atoms with Crippen LogP contribution in [-0.2, 0) is 19.6 Å². The SMILES string of the molecule is COC(=O)c1cccc(S(=O)(=O)N2C[C@@H]3CCC[C@@]3(C(=O)O)C2)c1. The Balaban J connectivity index is 1.93. The molecular weight excluding hydrogens is 334 g/mol. The summed E-state index contributed by atoms with van der Waals surface area (Å²) >= 11 is 0. The van der Waals surface area contributed by atoms with Gasteiger partial charge in [-0.25, -0.2) is 13.2 Å². The molecule has 130 valence electrons. The summed E-state index contributed by atoms with van der Waals surface area (Å²) in [6, 6.07) is 5.62. The van der Waals surface area contributed by atoms with Crippen LogP contribution in [0.25, 0.3) is 0 Å². The number of fused-ring (bicyclic) bond motifs is 1. The van der Waals surface area contributed by atoms with Crippen LogP contribution in [0.2, 0.25) is 0 Å². The number of hydrogen-bond acceptors (Lipinski definition) is 5. The highest BCUT2D eigenvalue weighted by Gasteiger charge is 2.57. The van der Waals surface area contributed by atoms with E-state index in [-0.39, 0.29) is 29.5 Å². The number of benzene rings is 1. The Morgan fingerprint density at radius 2 is 2.12 bits per heavy atom. The molecule has 0 unspecified atom stereocenters. The van der Waals surface area contributed by atoms with Gasteiger partial charge >= 0.3 is 11.9 Å². The van der Waals surface area contributed by atoms with E-state index in [9.17, 15) is 23.1 Å². The molecule has 2 atom stereocenters. The zero-order valence-electron chi connectivity index (χ0n) is 13.3. The molecule has 24 heavy (non-hydrogen) atoms. The lowest BCUT2D eigenvalue weighted by Gasteiger charge is -2.23. The molecule has 0 aromatic heterocycles. The van der Waals surface area contributed by atoms with Crippen LogP contribution in [0.3, 0.4) is 0 Å². The van der Waals surface area contributed by atoms with E-state index < -0.39 is 27.4 Å². The Hall–Kier alpha value is -1.93. The van der Waals surface area contributed by atoms with E-state index in [1.807, 2.05) is 0 Å². The molecule has 1 aromatic carbocycles. The molecule has 1 aliphatic carbocycles. The van der Waals surface area contributed by atoms with Crippen molar-refractivity contribution in [3.63, 3.8) is 0 Å². The Morgan fingerprint density at radius 3 is 2.75 bits per heavy atom. The van der Waals surface area contributed by atoms with Crippen molar-refractivity contribution in [2.24, 2.45) is 11.3 Å². The summed E-state index contributed by atoms with van der Waals surface area (Å²) in [7, 11) is -2.63. The average Bonchev–Trinajstić information content (AvgIpc) is 3.12. The number of methoxy groups -OCH3 is 1. The minimum Gasteiger partial charge on any atom is -0.481 e. The van der Waals surface area contributed by atoms with E-state index in [0.717, 1.165) is 12.8 Å². The van der Waals surface area contributed by atoms with Crippen LogP contribution in [0.1, 0.15) is 29.6 Å². The third-order valence-corrected chi connectivity index (χ3v) is 6.97. The van der Waals surface area contributed by atoms with Gasteiger partial charge in [0, 0.05) is 13.1 Å². The maximum Gasteiger partial charge on any atom is 0.337 e. The van der Waals surface area contributed by atoms with Crippen LogP contribution in [0, 0.1) is 11.3 Å². The lowest BCUT2D eigenvalue weighted by Crippen LogP contribution is -2.37. The topological polar surface area (TPSA) is 101 Å². The highest BCUT2D eigenvalue weighted by molar-refractivity contribution is 7.89. The number of carboxylic acids is 1. The average molecular weight is 353 g/mol. The lowest BCUT2D eigenvalue weighted by molar-refractivity contribution is -0.149. The normalized spacial score (nSPS) is 27.0. The molecule has 7 nitrogen and oxygen atoms in total. The van der Waals surface area contributed by atoms with Crippen LogP contribution >= 0.6 is 0 Å². The minimum atomic E-state index is -3.85. The van der Waals surface area contributed by atoms with Gasteiger partial charge in [-0.2, -0.15) is 4.31 Å².